The summed E-state index contributed by atoms with van der Waals surface area (Å²) in [7, 11) is 4.11. The predicted octanol–water partition coefficient (Wildman–Crippen LogP) is 6.17. The third kappa shape index (κ3) is 6.11. The van der Waals surface area contributed by atoms with E-state index in [1.807, 2.05) is 79.7 Å². The van der Waals surface area contributed by atoms with Crippen LogP contribution in [0.5, 0.6) is 0 Å². The molecule has 1 unspecified atom stereocenters. The lowest BCUT2D eigenvalue weighted by Gasteiger charge is -2.31. The average Bonchev–Trinajstić information content (AvgIpc) is 2.97. The molecule has 39 heavy (non-hydrogen) atoms. The molecule has 1 atom stereocenters. The number of rotatable bonds is 8. The molecule has 1 aliphatic carbocycles. The maximum atomic E-state index is 13.1. The Kier molecular flexibility index (Phi) is 7.92. The van der Waals surface area contributed by atoms with E-state index in [4.69, 9.17) is 4.98 Å². The van der Waals surface area contributed by atoms with Gasteiger partial charge in [-0.05, 0) is 50.3 Å². The molecule has 1 aliphatic rings. The van der Waals surface area contributed by atoms with Crippen molar-refractivity contribution in [1.82, 2.24) is 10.3 Å². The molecule has 6 nitrogen and oxygen atoms in total. The Labute approximate surface area is 230 Å². The molecule has 1 saturated carbocycles. The quantitative estimate of drug-likeness (QED) is 0.272. The summed E-state index contributed by atoms with van der Waals surface area (Å²) >= 11 is 0. The second kappa shape index (κ2) is 11.7. The summed E-state index contributed by atoms with van der Waals surface area (Å²) in [6.45, 7) is 1.91. The highest BCUT2D eigenvalue weighted by molar-refractivity contribution is 6.09. The molecule has 2 N–H and O–H groups in total. The fraction of sp³-hybridized carbons (Fsp3) is 0.303. The molecule has 4 aromatic rings. The maximum absolute atomic E-state index is 13.1. The lowest BCUT2D eigenvalue weighted by Crippen LogP contribution is -2.41. The number of nitrogens with zero attached hydrogens (tertiary/aromatic N) is 2. The zero-order valence-corrected chi connectivity index (χ0v) is 22.9. The van der Waals surface area contributed by atoms with Crippen LogP contribution in [0, 0.1) is 0 Å². The molecule has 200 valence electrons. The largest absolute Gasteiger partial charge is 0.377 e. The van der Waals surface area contributed by atoms with Gasteiger partial charge in [0.25, 0.3) is 0 Å². The fourth-order valence-corrected chi connectivity index (χ4v) is 5.38. The highest BCUT2D eigenvalue weighted by Crippen LogP contribution is 2.29. The fourth-order valence-electron chi connectivity index (χ4n) is 5.38. The summed E-state index contributed by atoms with van der Waals surface area (Å²) in [6, 6.07) is 27.5. The van der Waals surface area contributed by atoms with Gasteiger partial charge in [0.05, 0.1) is 11.4 Å². The molecule has 0 radical (unpaired) electrons. The van der Waals surface area contributed by atoms with Gasteiger partial charge >= 0.3 is 0 Å². The van der Waals surface area contributed by atoms with E-state index in [0.29, 0.717) is 17.2 Å². The van der Waals surface area contributed by atoms with Crippen molar-refractivity contribution in [3.05, 3.63) is 102 Å². The smallest absolute Gasteiger partial charge is 0.227 e. The minimum atomic E-state index is -0.337. The highest BCUT2D eigenvalue weighted by Gasteiger charge is 2.25. The Morgan fingerprint density at radius 2 is 1.49 bits per heavy atom. The van der Waals surface area contributed by atoms with Crippen molar-refractivity contribution in [2.45, 2.75) is 50.6 Å². The van der Waals surface area contributed by atoms with E-state index in [2.05, 4.69) is 41.8 Å². The zero-order chi connectivity index (χ0) is 27.4. The Bertz CT molecular complexity index is 1460. The number of carbonyl (C=O) groups is 2. The number of fused-ring (bicyclic) bond motifs is 1. The third-order valence-electron chi connectivity index (χ3n) is 7.68. The number of ketones is 1. The minimum Gasteiger partial charge on any atom is -0.377 e. The number of amides is 1. The van der Waals surface area contributed by atoms with Gasteiger partial charge in [0.15, 0.2) is 5.78 Å². The van der Waals surface area contributed by atoms with E-state index >= 15 is 0 Å². The normalized spacial score (nSPS) is 17.8. The minimum absolute atomic E-state index is 0.00235. The maximum Gasteiger partial charge on any atom is 0.227 e. The van der Waals surface area contributed by atoms with E-state index in [1.54, 1.807) is 0 Å². The average molecular weight is 521 g/mol. The van der Waals surface area contributed by atoms with Crippen LogP contribution in [0.15, 0.2) is 84.9 Å². The van der Waals surface area contributed by atoms with Crippen molar-refractivity contribution in [3.63, 3.8) is 0 Å². The Morgan fingerprint density at radius 1 is 0.821 bits per heavy atom. The van der Waals surface area contributed by atoms with E-state index in [-0.39, 0.29) is 23.7 Å². The van der Waals surface area contributed by atoms with Gasteiger partial charge in [-0.25, -0.2) is 4.98 Å². The van der Waals surface area contributed by atoms with Gasteiger partial charge in [-0.1, -0.05) is 66.7 Å². The number of nitrogens with one attached hydrogen (secondary N) is 2. The van der Waals surface area contributed by atoms with Crippen molar-refractivity contribution in [2.24, 2.45) is 0 Å². The van der Waals surface area contributed by atoms with Gasteiger partial charge < -0.3 is 15.5 Å². The van der Waals surface area contributed by atoms with Crippen molar-refractivity contribution in [1.29, 1.82) is 0 Å². The number of hydrogen-bond donors (Lipinski definition) is 2. The molecule has 1 heterocycles. The van der Waals surface area contributed by atoms with Crippen LogP contribution in [0.2, 0.25) is 0 Å². The predicted molar refractivity (Wildman–Crippen MR) is 159 cm³/mol. The number of aromatic nitrogens is 1. The molecule has 6 heteroatoms. The molecule has 0 aliphatic heterocycles. The SMILES string of the molecule is CC(C(=O)NC1CCC(Nc2cc(N(C)C)c3ccccc3n2)CC1)c1cccc(C(=O)c2ccccc2)c1. The Hall–Kier alpha value is -4.19. The first-order chi connectivity index (χ1) is 18.9. The highest BCUT2D eigenvalue weighted by atomic mass is 16.2. The molecule has 5 rings (SSSR count). The first-order valence-corrected chi connectivity index (χ1v) is 13.7. The molecular formula is C33H36N4O2. The molecule has 0 spiro atoms. The van der Waals surface area contributed by atoms with Gasteiger partial charge in [0.1, 0.15) is 5.82 Å². The van der Waals surface area contributed by atoms with Crippen molar-refractivity contribution in [3.8, 4) is 0 Å². The number of pyridine rings is 1. The van der Waals surface area contributed by atoms with Crippen LogP contribution in [-0.4, -0.2) is 42.9 Å². The van der Waals surface area contributed by atoms with Gasteiger partial charge in [-0.2, -0.15) is 0 Å². The van der Waals surface area contributed by atoms with Crippen molar-refractivity contribution in [2.75, 3.05) is 24.3 Å². The first kappa shape index (κ1) is 26.4. The van der Waals surface area contributed by atoms with Crippen LogP contribution >= 0.6 is 0 Å². The van der Waals surface area contributed by atoms with Crippen molar-refractivity contribution < 1.29 is 9.59 Å². The third-order valence-corrected chi connectivity index (χ3v) is 7.68. The van der Waals surface area contributed by atoms with E-state index in [1.165, 1.54) is 0 Å². The molecule has 3 aromatic carbocycles. The summed E-state index contributed by atoms with van der Waals surface area (Å²) in [5, 5.41) is 8.04. The summed E-state index contributed by atoms with van der Waals surface area (Å²) < 4.78 is 0. The molecule has 0 bridgehead atoms. The lowest BCUT2D eigenvalue weighted by molar-refractivity contribution is -0.123. The molecule has 1 aromatic heterocycles. The van der Waals surface area contributed by atoms with E-state index in [9.17, 15) is 9.59 Å². The number of para-hydroxylation sites is 1. The van der Waals surface area contributed by atoms with Gasteiger partial charge in [0.2, 0.25) is 5.91 Å². The monoisotopic (exact) mass is 520 g/mol. The summed E-state index contributed by atoms with van der Waals surface area (Å²) in [4.78, 5) is 33.0. The van der Waals surface area contributed by atoms with Gasteiger partial charge in [-0.15, -0.1) is 0 Å². The topological polar surface area (TPSA) is 74.3 Å². The van der Waals surface area contributed by atoms with Crippen molar-refractivity contribution >= 4 is 34.1 Å². The molecule has 1 amide bonds. The van der Waals surface area contributed by atoms with Crippen LogP contribution in [0.1, 0.15) is 60.0 Å². The van der Waals surface area contributed by atoms with Gasteiger partial charge in [0, 0.05) is 54.4 Å². The lowest BCUT2D eigenvalue weighted by atomic mass is 9.90. The standard InChI is InChI=1S/C33H36N4O2/c1-22(24-12-9-13-25(20-24)32(38)23-10-5-4-6-11-23)33(39)35-27-18-16-26(17-19-27)34-31-21-30(37(2)3)28-14-7-8-15-29(28)36-31/h4-15,20-22,26-27H,16-19H2,1-3H3,(H,34,36)(H,35,39). The second-order valence-electron chi connectivity index (χ2n) is 10.7. The van der Waals surface area contributed by atoms with Crippen LogP contribution in [0.3, 0.4) is 0 Å². The molecule has 1 fully saturated rings. The van der Waals surface area contributed by atoms with Crippen LogP contribution in [0.4, 0.5) is 11.5 Å². The summed E-state index contributed by atoms with van der Waals surface area (Å²) in [5.74, 6) is 0.524. The molecular weight excluding hydrogens is 484 g/mol. The Balaban J connectivity index is 1.17. The van der Waals surface area contributed by atoms with Crippen LogP contribution in [-0.2, 0) is 4.79 Å². The summed E-state index contributed by atoms with van der Waals surface area (Å²) in [6.07, 6.45) is 3.76. The van der Waals surface area contributed by atoms with Crippen LogP contribution in [0.25, 0.3) is 10.9 Å². The molecule has 0 saturated heterocycles. The number of hydrogen-bond acceptors (Lipinski definition) is 5. The second-order valence-corrected chi connectivity index (χ2v) is 10.7. The van der Waals surface area contributed by atoms with Crippen LogP contribution < -0.4 is 15.5 Å². The van der Waals surface area contributed by atoms with Gasteiger partial charge in [-0.3, -0.25) is 9.59 Å². The number of benzene rings is 3. The zero-order valence-electron chi connectivity index (χ0n) is 22.9. The number of anilines is 2. The van der Waals surface area contributed by atoms with E-state index < -0.39 is 0 Å². The summed E-state index contributed by atoms with van der Waals surface area (Å²) in [5.41, 5.74) is 4.23. The first-order valence-electron chi connectivity index (χ1n) is 13.7. The number of carbonyl (C=O) groups excluding carboxylic acids is 2. The van der Waals surface area contributed by atoms with E-state index in [0.717, 1.165) is 53.7 Å². The Morgan fingerprint density at radius 3 is 2.23 bits per heavy atom.